The molecule has 0 saturated carbocycles. The molecule has 1 N–H and O–H groups in total. The van der Waals surface area contributed by atoms with E-state index in [0.29, 0.717) is 12.1 Å². The maximum Gasteiger partial charge on any atom is 0.0210 e. The van der Waals surface area contributed by atoms with Crippen LogP contribution in [-0.2, 0) is 6.42 Å². The minimum atomic E-state index is 0.684. The average Bonchev–Trinajstić information content (AvgIpc) is 2.93. The van der Waals surface area contributed by atoms with Crippen molar-refractivity contribution in [3.05, 3.63) is 35.9 Å². The highest BCUT2D eigenvalue weighted by Gasteiger charge is 2.23. The summed E-state index contributed by atoms with van der Waals surface area (Å²) in [6.07, 6.45) is 5.92. The minimum Gasteiger partial charge on any atom is -0.309 e. The average molecular weight is 292 g/mol. The molecule has 0 spiro atoms. The first-order valence-corrected chi connectivity index (χ1v) is 9.22. The SMILES string of the molecule is CCC(CSC)NC1CCN(CCc2ccccc2)C1. The van der Waals surface area contributed by atoms with Gasteiger partial charge in [0.25, 0.3) is 0 Å². The summed E-state index contributed by atoms with van der Waals surface area (Å²) < 4.78 is 0. The van der Waals surface area contributed by atoms with Crippen molar-refractivity contribution >= 4 is 11.8 Å². The Kier molecular flexibility index (Phi) is 6.91. The second-order valence-corrected chi connectivity index (χ2v) is 6.66. The third-order valence-electron chi connectivity index (χ3n) is 4.16. The summed E-state index contributed by atoms with van der Waals surface area (Å²) in [6, 6.07) is 12.2. The van der Waals surface area contributed by atoms with Crippen LogP contribution in [0, 0.1) is 0 Å². The van der Waals surface area contributed by atoms with Gasteiger partial charge in [-0.2, -0.15) is 11.8 Å². The Morgan fingerprint density at radius 2 is 2.15 bits per heavy atom. The largest absolute Gasteiger partial charge is 0.309 e. The van der Waals surface area contributed by atoms with Gasteiger partial charge in [-0.25, -0.2) is 0 Å². The van der Waals surface area contributed by atoms with Crippen molar-refractivity contribution < 1.29 is 0 Å². The van der Waals surface area contributed by atoms with Gasteiger partial charge in [0.1, 0.15) is 0 Å². The Bertz CT molecular complexity index is 369. The van der Waals surface area contributed by atoms with Crippen LogP contribution < -0.4 is 5.32 Å². The molecule has 1 aromatic carbocycles. The van der Waals surface area contributed by atoms with Gasteiger partial charge in [0.15, 0.2) is 0 Å². The van der Waals surface area contributed by atoms with Gasteiger partial charge >= 0.3 is 0 Å². The molecule has 2 nitrogen and oxygen atoms in total. The summed E-state index contributed by atoms with van der Waals surface area (Å²) in [5.41, 5.74) is 1.46. The third kappa shape index (κ3) is 5.12. The van der Waals surface area contributed by atoms with Gasteiger partial charge in [-0.1, -0.05) is 37.3 Å². The lowest BCUT2D eigenvalue weighted by molar-refractivity contribution is 0.326. The molecule has 1 heterocycles. The number of benzene rings is 1. The minimum absolute atomic E-state index is 0.684. The first-order chi connectivity index (χ1) is 9.81. The molecule has 0 radical (unpaired) electrons. The predicted molar refractivity (Wildman–Crippen MR) is 90.6 cm³/mol. The summed E-state index contributed by atoms with van der Waals surface area (Å²) in [4.78, 5) is 2.61. The molecular weight excluding hydrogens is 264 g/mol. The van der Waals surface area contributed by atoms with Crippen molar-refractivity contribution in [2.45, 2.75) is 38.3 Å². The van der Waals surface area contributed by atoms with Gasteiger partial charge in [0.05, 0.1) is 0 Å². The van der Waals surface area contributed by atoms with Crippen LogP contribution in [0.2, 0.25) is 0 Å². The Morgan fingerprint density at radius 1 is 1.35 bits per heavy atom. The second-order valence-electron chi connectivity index (χ2n) is 5.75. The molecule has 1 fully saturated rings. The van der Waals surface area contributed by atoms with E-state index in [1.54, 1.807) is 0 Å². The van der Waals surface area contributed by atoms with Crippen LogP contribution in [-0.4, -0.2) is 48.6 Å². The lowest BCUT2D eigenvalue weighted by atomic mass is 10.1. The van der Waals surface area contributed by atoms with E-state index in [4.69, 9.17) is 0 Å². The fraction of sp³-hybridized carbons (Fsp3) is 0.647. The van der Waals surface area contributed by atoms with E-state index < -0.39 is 0 Å². The molecule has 2 atom stereocenters. The zero-order valence-electron chi connectivity index (χ0n) is 12.8. The van der Waals surface area contributed by atoms with Gasteiger partial charge in [-0.3, -0.25) is 0 Å². The van der Waals surface area contributed by atoms with Crippen LogP contribution >= 0.6 is 11.8 Å². The number of hydrogen-bond acceptors (Lipinski definition) is 3. The number of hydrogen-bond donors (Lipinski definition) is 1. The maximum absolute atomic E-state index is 3.83. The molecule has 1 saturated heterocycles. The number of rotatable bonds is 8. The van der Waals surface area contributed by atoms with Gasteiger partial charge in [-0.15, -0.1) is 0 Å². The highest BCUT2D eigenvalue weighted by atomic mass is 32.2. The Balaban J connectivity index is 1.69. The van der Waals surface area contributed by atoms with Crippen molar-refractivity contribution in [2.75, 3.05) is 31.6 Å². The number of thioether (sulfide) groups is 1. The summed E-state index contributed by atoms with van der Waals surface area (Å²) >= 11 is 1.95. The van der Waals surface area contributed by atoms with Crippen LogP contribution in [0.15, 0.2) is 30.3 Å². The quantitative estimate of drug-likeness (QED) is 0.793. The molecule has 2 unspecified atom stereocenters. The standard InChI is InChI=1S/C17H28N2S/c1-3-16(14-20-2)18-17-10-12-19(13-17)11-9-15-7-5-4-6-8-15/h4-8,16-18H,3,9-14H2,1-2H3. The first-order valence-electron chi connectivity index (χ1n) is 7.83. The molecule has 0 aliphatic carbocycles. The van der Waals surface area contributed by atoms with Gasteiger partial charge in [0.2, 0.25) is 0 Å². The number of nitrogens with zero attached hydrogens (tertiary/aromatic N) is 1. The van der Waals surface area contributed by atoms with Crippen molar-refractivity contribution in [1.29, 1.82) is 0 Å². The number of nitrogens with one attached hydrogen (secondary N) is 1. The maximum atomic E-state index is 3.83. The molecule has 3 heteroatoms. The van der Waals surface area contributed by atoms with Gasteiger partial charge < -0.3 is 10.2 Å². The van der Waals surface area contributed by atoms with E-state index in [1.807, 2.05) is 11.8 Å². The van der Waals surface area contributed by atoms with E-state index in [2.05, 4.69) is 53.7 Å². The zero-order valence-corrected chi connectivity index (χ0v) is 13.7. The van der Waals surface area contributed by atoms with Gasteiger partial charge in [0, 0.05) is 30.9 Å². The first kappa shape index (κ1) is 15.9. The van der Waals surface area contributed by atoms with Crippen molar-refractivity contribution in [3.8, 4) is 0 Å². The van der Waals surface area contributed by atoms with Gasteiger partial charge in [-0.05, 0) is 37.6 Å². The van der Waals surface area contributed by atoms with Crippen molar-refractivity contribution in [1.82, 2.24) is 10.2 Å². The molecule has 112 valence electrons. The highest BCUT2D eigenvalue weighted by molar-refractivity contribution is 7.98. The Labute approximate surface area is 128 Å². The summed E-state index contributed by atoms with van der Waals surface area (Å²) in [7, 11) is 0. The highest BCUT2D eigenvalue weighted by Crippen LogP contribution is 2.13. The van der Waals surface area contributed by atoms with Crippen LogP contribution in [0.3, 0.4) is 0 Å². The molecule has 0 amide bonds. The summed E-state index contributed by atoms with van der Waals surface area (Å²) in [5, 5.41) is 3.83. The fourth-order valence-corrected chi connectivity index (χ4v) is 3.66. The zero-order chi connectivity index (χ0) is 14.2. The predicted octanol–water partition coefficient (Wildman–Crippen LogP) is 3.03. The van der Waals surface area contributed by atoms with Crippen molar-refractivity contribution in [3.63, 3.8) is 0 Å². The molecule has 1 aliphatic rings. The van der Waals surface area contributed by atoms with E-state index in [9.17, 15) is 0 Å². The lowest BCUT2D eigenvalue weighted by Gasteiger charge is -2.22. The van der Waals surface area contributed by atoms with E-state index in [1.165, 1.54) is 50.2 Å². The van der Waals surface area contributed by atoms with Crippen LogP contribution in [0.1, 0.15) is 25.3 Å². The Hall–Kier alpha value is -0.510. The van der Waals surface area contributed by atoms with Crippen LogP contribution in [0.4, 0.5) is 0 Å². The monoisotopic (exact) mass is 292 g/mol. The molecule has 1 aliphatic heterocycles. The summed E-state index contributed by atoms with van der Waals surface area (Å²) in [6.45, 7) is 5.95. The molecule has 20 heavy (non-hydrogen) atoms. The lowest BCUT2D eigenvalue weighted by Crippen LogP contribution is -2.41. The second kappa shape index (κ2) is 8.71. The van der Waals surface area contributed by atoms with Crippen molar-refractivity contribution in [2.24, 2.45) is 0 Å². The summed E-state index contributed by atoms with van der Waals surface area (Å²) in [5.74, 6) is 1.23. The van der Waals surface area contributed by atoms with E-state index in [-0.39, 0.29) is 0 Å². The van der Waals surface area contributed by atoms with Crippen LogP contribution in [0.25, 0.3) is 0 Å². The number of likely N-dealkylation sites (tertiary alicyclic amines) is 1. The third-order valence-corrected chi connectivity index (χ3v) is 4.90. The molecular formula is C17H28N2S. The normalized spacial score (nSPS) is 21.2. The molecule has 2 rings (SSSR count). The molecule has 1 aromatic rings. The molecule has 0 bridgehead atoms. The van der Waals surface area contributed by atoms with E-state index >= 15 is 0 Å². The molecule has 0 aromatic heterocycles. The van der Waals surface area contributed by atoms with Crippen LogP contribution in [0.5, 0.6) is 0 Å². The smallest absolute Gasteiger partial charge is 0.0210 e. The Morgan fingerprint density at radius 3 is 2.85 bits per heavy atom. The fourth-order valence-electron chi connectivity index (χ4n) is 2.92. The van der Waals surface area contributed by atoms with E-state index in [0.717, 1.165) is 0 Å². The topological polar surface area (TPSA) is 15.3 Å².